The zero-order valence-electron chi connectivity index (χ0n) is 79.3. The summed E-state index contributed by atoms with van der Waals surface area (Å²) in [5.41, 5.74) is 21.9. The summed E-state index contributed by atoms with van der Waals surface area (Å²) < 4.78 is 224. The number of anilines is 4. The van der Waals surface area contributed by atoms with E-state index in [1.807, 2.05) is 50.2 Å². The number of nitrogens with zero attached hydrogens (tertiary/aromatic N) is 16. The summed E-state index contributed by atoms with van der Waals surface area (Å²) in [5.74, 6) is -1.44. The Hall–Kier alpha value is -11.6. The molecule has 61 heteroatoms. The highest BCUT2D eigenvalue weighted by molar-refractivity contribution is 7.49. The Kier molecular flexibility index (Phi) is 27.2. The van der Waals surface area contributed by atoms with Gasteiger partial charge in [-0.15, -0.1) is 0 Å². The third-order valence-corrected chi connectivity index (χ3v) is 33.7. The standard InChI is InChI=1S/C23H25ClN5O8P.C23H26N5O8P.C21H20Cl2N5O8P.C21H20F2N5O8P/c1-22(2)8-14(12-5-4-6-13(24)7-12)36-38(31,37-22)32-9-15-17-23(3,35-21(30)34-17)20(33-15)29-11-28-16-18(25)26-10-27-19(16)29;1-22(2)9-14(13-7-5-4-6-8-13)35-37(30,36-22)31-10-15-17-23(3,34-21(29)33-17)20(32-15)28-12-27-16-18(24)25-11-26-19(16)28;1-21-16(34-20(29)35-21)14(33-19(21)28-9-27-15-17(24)25-8-26-18(15)28)7-32-37(30)31-5-4-13(36-37)10-2-3-11(22)12(23)6-10;1-21-16(34-20(29)35-21)13(33-19(21)28-9-27-15-17(24)25-8-26-18(15)28)7-32-37(30)31-6-5-12(36-37)10-3-2-4-11(22)14(10)23/h4-7,10-11,14-15,17,20H,8-9H2,1-3H3,(H2,25,26,27);4-8,11-12,14-15,17,20H,9-10H2,1-3H3,(H2,24,25,26);2-3,6,8-9,13-14,16,19H,4-5,7H2,1H3,(H2,24,25,26);2-4,8-9,12-13,16,19H,5-7H2,1H3,(H2,24,25,26)/t14-,15+,17+,20+,23+,38?;14-,15+,17+,20+,23+,37?;13-,14+,16+,19+,21+,37?;12-,13+,16+,19+,21+,37?/m0000/s1. The van der Waals surface area contributed by atoms with Crippen molar-refractivity contribution in [3.05, 3.63) is 191 Å². The van der Waals surface area contributed by atoms with Crippen LogP contribution in [0.5, 0.6) is 0 Å². The summed E-state index contributed by atoms with van der Waals surface area (Å²) >= 11 is 18.3. The molecule has 0 aliphatic carbocycles. The molecule has 24 atom stereocenters. The van der Waals surface area contributed by atoms with Gasteiger partial charge in [0.05, 0.1) is 111 Å². The molecule has 8 aromatic heterocycles. The average molecular weight is 2210 g/mol. The summed E-state index contributed by atoms with van der Waals surface area (Å²) in [6, 6.07) is 25.2. The summed E-state index contributed by atoms with van der Waals surface area (Å²) in [7, 11) is -16.3. The van der Waals surface area contributed by atoms with Crippen LogP contribution >= 0.6 is 66.1 Å². The van der Waals surface area contributed by atoms with E-state index in [2.05, 4.69) is 59.8 Å². The number of fused-ring (bicyclic) bond motifs is 8. The van der Waals surface area contributed by atoms with Gasteiger partial charge in [0.25, 0.3) is 0 Å². The van der Waals surface area contributed by atoms with Crippen molar-refractivity contribution in [3.63, 3.8) is 0 Å². The number of nitrogens with two attached hydrogens (primary N) is 4. The number of hydrogen-bond acceptors (Lipinski definition) is 48. The summed E-state index contributed by atoms with van der Waals surface area (Å²) in [6.07, 6.45) is -4.81. The minimum atomic E-state index is -4.23. The highest BCUT2D eigenvalue weighted by Gasteiger charge is 2.70. The Morgan fingerprint density at radius 2 is 0.718 bits per heavy atom. The maximum Gasteiger partial charge on any atom is 0.509 e. The van der Waals surface area contributed by atoms with E-state index in [0.717, 1.165) is 17.2 Å². The Balaban J connectivity index is 0.000000116. The van der Waals surface area contributed by atoms with Crippen molar-refractivity contribution in [1.29, 1.82) is 0 Å². The van der Waals surface area contributed by atoms with E-state index in [4.69, 9.17) is 169 Å². The summed E-state index contributed by atoms with van der Waals surface area (Å²) in [4.78, 5) is 98.2. The van der Waals surface area contributed by atoms with Crippen molar-refractivity contribution in [2.45, 2.75) is 213 Å². The summed E-state index contributed by atoms with van der Waals surface area (Å²) in [5, 5.41) is 1.26. The second kappa shape index (κ2) is 39.2. The molecular formula is C88H91Cl3F2N20O32P4. The van der Waals surface area contributed by atoms with Gasteiger partial charge in [0.1, 0.15) is 71.8 Å². The first-order valence-electron chi connectivity index (χ1n) is 45.9. The number of carbonyl (C=O) groups is 4. The molecule has 0 saturated carbocycles. The fourth-order valence-corrected chi connectivity index (χ4v) is 26.2. The van der Waals surface area contributed by atoms with Gasteiger partial charge in [0.2, 0.25) is 0 Å². The SMILES string of the molecule is CC1(C)C[C@@H](c2cccc(Cl)c2)OP(=O)(OC[C@H]2O[C@@H](n3cnc4c(N)ncnc43)[C@]3(C)OC(=O)O[C@H]23)O1.CC1(C)C[C@@H](c2ccccc2)OP(=O)(OC[C@H]2O[C@@H](n3cnc4c(N)ncnc43)[C@]3(C)OC(=O)O[C@H]23)O1.C[C@@]12OC(=O)O[C@@H]1[C@@H](COP1(=O)OCC[C@@H](c3ccc(Cl)c(Cl)c3)O1)O[C@H]2n1cnc2c(N)ncnc21.C[C@@]12OC(=O)O[C@@H]1[C@@H](COP1(=O)OCC[C@@H](c3cccc(F)c3F)O1)O[C@H]2n1cnc2c(N)ncnc21. The lowest BCUT2D eigenvalue weighted by Crippen LogP contribution is -2.42. The maximum absolute atomic E-state index is 14.3. The number of halogens is 5. The second-order valence-electron chi connectivity index (χ2n) is 37.7. The molecule has 12 aliphatic heterocycles. The first-order valence-corrected chi connectivity index (χ1v) is 52.9. The van der Waals surface area contributed by atoms with Crippen LogP contribution in [0, 0.1) is 11.6 Å². The van der Waals surface area contributed by atoms with E-state index in [9.17, 15) is 46.2 Å². The van der Waals surface area contributed by atoms with Gasteiger partial charge in [0.15, 0.2) is 129 Å². The first-order chi connectivity index (χ1) is 70.9. The van der Waals surface area contributed by atoms with E-state index >= 15 is 0 Å². The van der Waals surface area contributed by atoms with Crippen LogP contribution in [0.1, 0.15) is 153 Å². The van der Waals surface area contributed by atoms with Gasteiger partial charge in [0, 0.05) is 36.3 Å². The molecule has 12 saturated heterocycles. The van der Waals surface area contributed by atoms with Gasteiger partial charge < -0.3 is 79.8 Å². The molecule has 4 unspecified atom stereocenters. The summed E-state index contributed by atoms with van der Waals surface area (Å²) in [6.45, 7) is 12.6. The topological polar surface area (TPSA) is 637 Å². The number of rotatable bonds is 20. The zero-order valence-corrected chi connectivity index (χ0v) is 85.1. The number of aromatic nitrogens is 16. The predicted molar refractivity (Wildman–Crippen MR) is 505 cm³/mol. The van der Waals surface area contributed by atoms with Gasteiger partial charge in [-0.25, -0.2) is 106 Å². The number of phosphoric ester groups is 4. The number of nitrogen functional groups attached to an aromatic ring is 4. The van der Waals surface area contributed by atoms with E-state index in [1.165, 1.54) is 67.3 Å². The van der Waals surface area contributed by atoms with Crippen LogP contribution in [0.3, 0.4) is 0 Å². The average Bonchev–Trinajstić information content (AvgIpc) is 1.57. The van der Waals surface area contributed by atoms with Crippen molar-refractivity contribution >= 4 is 159 Å². The molecule has 12 fully saturated rings. The van der Waals surface area contributed by atoms with Gasteiger partial charge in [-0.1, -0.05) is 95.5 Å². The molecule has 4 aromatic carbocycles. The van der Waals surface area contributed by atoms with Gasteiger partial charge in [-0.05, 0) is 102 Å². The van der Waals surface area contributed by atoms with Crippen LogP contribution in [0.4, 0.5) is 51.2 Å². The van der Waals surface area contributed by atoms with Crippen molar-refractivity contribution in [2.75, 3.05) is 62.6 Å². The zero-order chi connectivity index (χ0) is 105. The molecule has 12 aromatic rings. The van der Waals surface area contributed by atoms with E-state index < -0.39 is 206 Å². The third-order valence-electron chi connectivity index (χ3n) is 26.4. The van der Waals surface area contributed by atoms with Crippen molar-refractivity contribution in [1.82, 2.24) is 78.1 Å². The Labute approximate surface area is 855 Å². The molecule has 12 aliphatic rings. The minimum Gasteiger partial charge on any atom is -0.424 e. The Morgan fingerprint density at radius 1 is 0.383 bits per heavy atom. The van der Waals surface area contributed by atoms with E-state index in [1.54, 1.807) is 91.6 Å². The number of benzene rings is 4. The molecular weight excluding hydrogens is 2120 g/mol. The maximum atomic E-state index is 14.3. The van der Waals surface area contributed by atoms with Crippen LogP contribution in [0.2, 0.25) is 15.1 Å². The molecule has 24 rings (SSSR count). The first kappa shape index (κ1) is 103. The highest BCUT2D eigenvalue weighted by atomic mass is 35.5. The number of imidazole rings is 4. The second-order valence-corrected chi connectivity index (χ2v) is 45.3. The van der Waals surface area contributed by atoms with E-state index in [-0.39, 0.29) is 68.3 Å². The quantitative estimate of drug-likeness (QED) is 0.0313. The molecule has 0 amide bonds. The van der Waals surface area contributed by atoms with Crippen LogP contribution < -0.4 is 22.9 Å². The van der Waals surface area contributed by atoms with Crippen molar-refractivity contribution in [3.8, 4) is 0 Å². The van der Waals surface area contributed by atoms with Crippen molar-refractivity contribution in [2.24, 2.45) is 0 Å². The number of carbonyl (C=O) groups excluding carboxylic acids is 4. The predicted octanol–water partition coefficient (Wildman–Crippen LogP) is 15.4. The fourth-order valence-electron chi connectivity index (χ4n) is 19.6. The Morgan fingerprint density at radius 3 is 1.09 bits per heavy atom. The molecule has 0 radical (unpaired) electrons. The number of hydrogen-bond donors (Lipinski definition) is 4. The smallest absolute Gasteiger partial charge is 0.424 e. The monoisotopic (exact) mass is 2210 g/mol. The van der Waals surface area contributed by atoms with Gasteiger partial charge in [-0.3, -0.25) is 72.6 Å². The molecule has 0 bridgehead atoms. The number of ether oxygens (including phenoxy) is 12. The molecule has 8 N–H and O–H groups in total. The fraction of sp³-hybridized carbons (Fsp3) is 0.455. The molecule has 20 heterocycles. The largest absolute Gasteiger partial charge is 0.509 e. The van der Waals surface area contributed by atoms with Gasteiger partial charge in [-0.2, -0.15) is 0 Å². The van der Waals surface area contributed by atoms with Gasteiger partial charge >= 0.3 is 55.9 Å². The van der Waals surface area contributed by atoms with E-state index in [0.29, 0.717) is 84.5 Å². The lowest BCUT2D eigenvalue weighted by Gasteiger charge is -2.39. The molecule has 790 valence electrons. The molecule has 149 heavy (non-hydrogen) atoms. The van der Waals surface area contributed by atoms with Crippen LogP contribution in [0.15, 0.2) is 142 Å². The van der Waals surface area contributed by atoms with Crippen LogP contribution in [0.25, 0.3) is 44.7 Å². The van der Waals surface area contributed by atoms with Crippen LogP contribution in [-0.2, 0) is 129 Å². The van der Waals surface area contributed by atoms with Crippen molar-refractivity contribution < 1.29 is 157 Å². The highest BCUT2D eigenvalue weighted by Crippen LogP contribution is 2.66. The normalized spacial score (nSPS) is 33.9. The number of phosphoric acid groups is 4. The third kappa shape index (κ3) is 19.7. The molecule has 52 nitrogen and oxygen atoms in total. The molecule has 0 spiro atoms. The minimum absolute atomic E-state index is 0.0898. The lowest BCUT2D eigenvalue weighted by molar-refractivity contribution is -0.0993. The lowest BCUT2D eigenvalue weighted by atomic mass is 9.96. The Bertz CT molecular complexity index is 7470. The van der Waals surface area contributed by atoms with Crippen LogP contribution in [-0.4, -0.2) is 225 Å².